The lowest BCUT2D eigenvalue weighted by Gasteiger charge is -2.43. The maximum absolute atomic E-state index is 8.87. The second-order valence-electron chi connectivity index (χ2n) is 11.0. The smallest absolute Gasteiger partial charge is 0.140 e. The van der Waals surface area contributed by atoms with Gasteiger partial charge in [-0.05, 0) is 61.8 Å². The second-order valence-corrected chi connectivity index (χ2v) is 11.0. The summed E-state index contributed by atoms with van der Waals surface area (Å²) in [6.45, 7) is 0. The Morgan fingerprint density at radius 1 is 0.727 bits per heavy atom. The van der Waals surface area contributed by atoms with Crippen molar-refractivity contribution in [3.8, 4) is 41.9 Å². The Balaban J connectivity index is 0.000000175. The van der Waals surface area contributed by atoms with Gasteiger partial charge >= 0.3 is 0 Å². The van der Waals surface area contributed by atoms with Crippen LogP contribution in [-0.4, -0.2) is 15.6 Å². The number of aromatic nitrogens is 2. The van der Waals surface area contributed by atoms with Crippen molar-refractivity contribution < 1.29 is 0 Å². The predicted octanol–water partition coefficient (Wildman–Crippen LogP) is 8.16. The monoisotopic (exact) mass is 572 g/mol. The summed E-state index contributed by atoms with van der Waals surface area (Å²) in [6, 6.07) is 37.6. The molecule has 0 N–H and O–H groups in total. The highest BCUT2D eigenvalue weighted by Gasteiger charge is 2.34. The zero-order valence-corrected chi connectivity index (χ0v) is 24.4. The zero-order valence-electron chi connectivity index (χ0n) is 24.4. The molecule has 6 rings (SSSR count). The van der Waals surface area contributed by atoms with E-state index in [1.165, 1.54) is 11.4 Å². The van der Waals surface area contributed by atoms with E-state index in [0.717, 1.165) is 37.1 Å². The first-order valence-electron chi connectivity index (χ1n) is 14.7. The molecule has 2 fully saturated rings. The molecule has 3 aromatic carbocycles. The quantitative estimate of drug-likeness (QED) is 0.165. The minimum Gasteiger partial charge on any atom is -0.338 e. The molecule has 1 aromatic heterocycles. The van der Waals surface area contributed by atoms with Crippen molar-refractivity contribution in [3.63, 3.8) is 0 Å². The van der Waals surface area contributed by atoms with Gasteiger partial charge in [-0.3, -0.25) is 0 Å². The van der Waals surface area contributed by atoms with E-state index in [0.29, 0.717) is 29.5 Å². The van der Waals surface area contributed by atoms with Crippen LogP contribution in [0.4, 0.5) is 11.4 Å². The van der Waals surface area contributed by atoms with Gasteiger partial charge in [0.2, 0.25) is 0 Å². The van der Waals surface area contributed by atoms with Gasteiger partial charge in [-0.2, -0.15) is 15.8 Å². The molecule has 44 heavy (non-hydrogen) atoms. The van der Waals surface area contributed by atoms with Crippen LogP contribution < -0.4 is 4.90 Å². The molecular weight excluding hydrogens is 540 g/mol. The number of nitrogens with zero attached hydrogens (tertiary/aromatic N) is 6. The van der Waals surface area contributed by atoms with Crippen molar-refractivity contribution >= 4 is 11.4 Å². The molecule has 0 atom stereocenters. The number of allylic oxidation sites excluding steroid dienone is 4. The van der Waals surface area contributed by atoms with Crippen molar-refractivity contribution in [2.75, 3.05) is 4.90 Å². The average Bonchev–Trinajstić information content (AvgIpc) is 3.53. The maximum atomic E-state index is 8.87. The van der Waals surface area contributed by atoms with Crippen LogP contribution in [0, 0.1) is 58.2 Å². The maximum Gasteiger partial charge on any atom is 0.140 e. The lowest BCUT2D eigenvalue weighted by atomic mass is 9.78. The third-order valence-electron chi connectivity index (χ3n) is 8.15. The summed E-state index contributed by atoms with van der Waals surface area (Å²) in [5.74, 6) is 4.12. The van der Waals surface area contributed by atoms with Gasteiger partial charge in [-0.15, -0.1) is 6.42 Å². The minimum absolute atomic E-state index is 0.222. The second kappa shape index (κ2) is 14.4. The van der Waals surface area contributed by atoms with Crippen LogP contribution in [0.2, 0.25) is 0 Å². The first kappa shape index (κ1) is 29.7. The molecule has 0 amide bonds. The molecule has 0 radical (unpaired) electrons. The summed E-state index contributed by atoms with van der Waals surface area (Å²) in [4.78, 5) is 6.82. The fraction of sp³-hybridized carbons (Fsp3) is 0.211. The van der Waals surface area contributed by atoms with E-state index < -0.39 is 0 Å². The normalized spacial score (nSPS) is 20.0. The largest absolute Gasteiger partial charge is 0.338 e. The van der Waals surface area contributed by atoms with Gasteiger partial charge < -0.3 is 9.47 Å². The molecule has 0 aliphatic heterocycles. The van der Waals surface area contributed by atoms with E-state index in [-0.39, 0.29) is 5.57 Å². The highest BCUT2D eigenvalue weighted by molar-refractivity contribution is 5.64. The molecule has 6 heteroatoms. The molecule has 1 heterocycles. The number of rotatable bonds is 7. The summed E-state index contributed by atoms with van der Waals surface area (Å²) < 4.78 is 2.22. The van der Waals surface area contributed by atoms with Gasteiger partial charge in [0.05, 0.1) is 5.57 Å². The van der Waals surface area contributed by atoms with Gasteiger partial charge in [-0.25, -0.2) is 4.98 Å². The number of terminal acetylenes is 1. The van der Waals surface area contributed by atoms with Gasteiger partial charge in [-0.1, -0.05) is 84.8 Å². The molecule has 2 saturated carbocycles. The van der Waals surface area contributed by atoms with E-state index >= 15 is 0 Å². The van der Waals surface area contributed by atoms with E-state index in [1.54, 1.807) is 0 Å². The molecule has 2 aliphatic rings. The van der Waals surface area contributed by atoms with Gasteiger partial charge in [0, 0.05) is 41.4 Å². The first-order chi connectivity index (χ1) is 21.6. The van der Waals surface area contributed by atoms with Crippen LogP contribution in [0.25, 0.3) is 11.4 Å². The summed E-state index contributed by atoms with van der Waals surface area (Å²) in [5, 5.41) is 26.6. The summed E-state index contributed by atoms with van der Waals surface area (Å²) in [6.07, 6.45) is 16.8. The first-order valence-corrected chi connectivity index (χ1v) is 14.7. The standard InChI is InChI=1S/C20H17N3.C18H15N3/c21-14-17(15-22)11-16-12-20(13-16)23(18-7-3-1-4-8-18)19-9-5-2-6-10-19;1-2-14(13-19)10-15-11-17(12-15)21-9-8-20-18(21)16-6-4-3-5-7-16/h1-11,16,20H,12-13H2;1,3-10,15,17H,11-12H2/b;14-10-. The fourth-order valence-corrected chi connectivity index (χ4v) is 5.82. The predicted molar refractivity (Wildman–Crippen MR) is 173 cm³/mol. The topological polar surface area (TPSA) is 92.4 Å². The van der Waals surface area contributed by atoms with E-state index in [4.69, 9.17) is 22.2 Å². The van der Waals surface area contributed by atoms with E-state index in [2.05, 4.69) is 56.8 Å². The van der Waals surface area contributed by atoms with Crippen molar-refractivity contribution in [1.29, 1.82) is 15.8 Å². The lowest BCUT2D eigenvalue weighted by Crippen LogP contribution is -2.41. The van der Waals surface area contributed by atoms with Crippen LogP contribution >= 0.6 is 0 Å². The number of nitriles is 3. The van der Waals surface area contributed by atoms with Crippen LogP contribution in [0.5, 0.6) is 0 Å². The van der Waals surface area contributed by atoms with Crippen LogP contribution in [0.15, 0.2) is 127 Å². The highest BCUT2D eigenvalue weighted by Crippen LogP contribution is 2.41. The molecule has 0 bridgehead atoms. The lowest BCUT2D eigenvalue weighted by molar-refractivity contribution is 0.243. The molecule has 0 saturated heterocycles. The number of hydrogen-bond acceptors (Lipinski definition) is 5. The third-order valence-corrected chi connectivity index (χ3v) is 8.15. The fourth-order valence-electron chi connectivity index (χ4n) is 5.82. The SMILES string of the molecule is C#C/C(C#N)=C/C1CC(n2ccnc2-c2ccccc2)C1.N#CC(C#N)=CC1CC(N(c2ccccc2)c2ccccc2)C1. The number of anilines is 2. The van der Waals surface area contributed by atoms with Crippen LogP contribution in [0.3, 0.4) is 0 Å². The van der Waals surface area contributed by atoms with Crippen molar-refractivity contribution in [1.82, 2.24) is 9.55 Å². The van der Waals surface area contributed by atoms with Gasteiger partial charge in [0.1, 0.15) is 29.6 Å². The van der Waals surface area contributed by atoms with Gasteiger partial charge in [0.15, 0.2) is 0 Å². The molecule has 0 unspecified atom stereocenters. The van der Waals surface area contributed by atoms with E-state index in [1.807, 2.05) is 97.4 Å². The number of benzene rings is 3. The Kier molecular flexibility index (Phi) is 9.69. The van der Waals surface area contributed by atoms with Gasteiger partial charge in [0.25, 0.3) is 0 Å². The summed E-state index contributed by atoms with van der Waals surface area (Å²) in [5.41, 5.74) is 4.13. The van der Waals surface area contributed by atoms with Crippen LogP contribution in [-0.2, 0) is 0 Å². The zero-order chi connectivity index (χ0) is 30.7. The molecule has 0 spiro atoms. The summed E-state index contributed by atoms with van der Waals surface area (Å²) in [7, 11) is 0. The number of para-hydroxylation sites is 2. The van der Waals surface area contributed by atoms with Crippen molar-refractivity contribution in [3.05, 3.63) is 127 Å². The molecular formula is C38H32N6. The Labute approximate surface area is 259 Å². The van der Waals surface area contributed by atoms with Crippen molar-refractivity contribution in [2.24, 2.45) is 11.8 Å². The molecule has 214 valence electrons. The molecule has 2 aliphatic carbocycles. The molecule has 6 nitrogen and oxygen atoms in total. The Hall–Kier alpha value is -5.82. The van der Waals surface area contributed by atoms with E-state index in [9.17, 15) is 0 Å². The third kappa shape index (κ3) is 6.97. The summed E-state index contributed by atoms with van der Waals surface area (Å²) >= 11 is 0. The number of hydrogen-bond donors (Lipinski definition) is 0. The Morgan fingerprint density at radius 2 is 1.23 bits per heavy atom. The Bertz CT molecular complexity index is 1690. The minimum atomic E-state index is 0.222. The highest BCUT2D eigenvalue weighted by atomic mass is 15.2. The average molecular weight is 573 g/mol. The number of imidazole rings is 1. The van der Waals surface area contributed by atoms with Crippen molar-refractivity contribution in [2.45, 2.75) is 37.8 Å². The molecule has 4 aromatic rings. The Morgan fingerprint density at radius 3 is 1.75 bits per heavy atom. The van der Waals surface area contributed by atoms with Crippen LogP contribution in [0.1, 0.15) is 31.7 Å².